The van der Waals surface area contributed by atoms with Gasteiger partial charge in [-0.15, -0.1) is 0 Å². The van der Waals surface area contributed by atoms with Crippen LogP contribution in [-0.2, 0) is 11.8 Å². The highest BCUT2D eigenvalue weighted by Gasteiger charge is 2.14. The van der Waals surface area contributed by atoms with Crippen LogP contribution < -0.4 is 0 Å². The highest BCUT2D eigenvalue weighted by molar-refractivity contribution is 5.32. The Balaban J connectivity index is 2.25. The predicted octanol–water partition coefficient (Wildman–Crippen LogP) is 4.85. The van der Waals surface area contributed by atoms with Gasteiger partial charge in [0.15, 0.2) is 0 Å². The zero-order valence-corrected chi connectivity index (χ0v) is 11.5. The number of halogens is 2. The molecule has 0 N–H and O–H groups in total. The summed E-state index contributed by atoms with van der Waals surface area (Å²) in [5.74, 6) is -0.972. The maximum Gasteiger partial charge on any atom is 0.129 e. The third-order valence-electron chi connectivity index (χ3n) is 3.26. The van der Waals surface area contributed by atoms with Crippen LogP contribution in [0, 0.1) is 11.6 Å². The van der Waals surface area contributed by atoms with Crippen LogP contribution >= 0.6 is 0 Å². The number of hydrogen-bond donors (Lipinski definition) is 0. The Bertz CT molecular complexity index is 543. The highest BCUT2D eigenvalue weighted by atomic mass is 19.1. The molecule has 0 aliphatic rings. The lowest BCUT2D eigenvalue weighted by atomic mass is 9.86. The van der Waals surface area contributed by atoms with Gasteiger partial charge in [0, 0.05) is 12.0 Å². The Labute approximate surface area is 113 Å². The first-order chi connectivity index (χ1) is 8.88. The molecule has 0 saturated carbocycles. The average molecular weight is 260 g/mol. The number of hydrogen-bond acceptors (Lipinski definition) is 0. The summed E-state index contributed by atoms with van der Waals surface area (Å²) in [6.45, 7) is 6.41. The van der Waals surface area contributed by atoms with E-state index in [4.69, 9.17) is 0 Å². The Morgan fingerprint density at radius 2 is 1.37 bits per heavy atom. The smallest absolute Gasteiger partial charge is 0.129 e. The van der Waals surface area contributed by atoms with E-state index < -0.39 is 11.6 Å². The third kappa shape index (κ3) is 3.19. The minimum absolute atomic E-state index is 0.0851. The van der Waals surface area contributed by atoms with Crippen molar-refractivity contribution in [2.45, 2.75) is 32.6 Å². The van der Waals surface area contributed by atoms with Crippen molar-refractivity contribution in [3.63, 3.8) is 0 Å². The van der Waals surface area contributed by atoms with E-state index in [9.17, 15) is 8.78 Å². The van der Waals surface area contributed by atoms with Crippen molar-refractivity contribution in [1.82, 2.24) is 0 Å². The van der Waals surface area contributed by atoms with E-state index in [-0.39, 0.29) is 17.4 Å². The molecule has 2 rings (SSSR count). The maximum absolute atomic E-state index is 13.6. The first kappa shape index (κ1) is 13.7. The van der Waals surface area contributed by atoms with Gasteiger partial charge in [-0.1, -0.05) is 51.1 Å². The second kappa shape index (κ2) is 5.12. The van der Waals surface area contributed by atoms with E-state index in [1.165, 1.54) is 23.8 Å². The van der Waals surface area contributed by atoms with Gasteiger partial charge in [-0.2, -0.15) is 0 Å². The summed E-state index contributed by atoms with van der Waals surface area (Å²) in [6.07, 6.45) is 0.281. The van der Waals surface area contributed by atoms with Crippen molar-refractivity contribution < 1.29 is 8.78 Å². The van der Waals surface area contributed by atoms with Gasteiger partial charge in [0.2, 0.25) is 0 Å². The molecule has 0 radical (unpaired) electrons. The van der Waals surface area contributed by atoms with Gasteiger partial charge in [0.25, 0.3) is 0 Å². The zero-order chi connectivity index (χ0) is 14.0. The van der Waals surface area contributed by atoms with Crippen molar-refractivity contribution in [2.24, 2.45) is 0 Å². The summed E-state index contributed by atoms with van der Waals surface area (Å²) in [7, 11) is 0. The van der Waals surface area contributed by atoms with E-state index in [1.807, 2.05) is 24.3 Å². The second-order valence-corrected chi connectivity index (χ2v) is 5.82. The van der Waals surface area contributed by atoms with Gasteiger partial charge >= 0.3 is 0 Å². The molecule has 2 aromatic rings. The molecule has 0 aromatic heterocycles. The van der Waals surface area contributed by atoms with Gasteiger partial charge in [-0.3, -0.25) is 0 Å². The molecule has 0 unspecified atom stereocenters. The van der Waals surface area contributed by atoms with Gasteiger partial charge in [-0.05, 0) is 28.7 Å². The topological polar surface area (TPSA) is 0 Å². The summed E-state index contributed by atoms with van der Waals surface area (Å²) in [4.78, 5) is 0. The van der Waals surface area contributed by atoms with Gasteiger partial charge in [0.05, 0.1) is 0 Å². The van der Waals surface area contributed by atoms with Gasteiger partial charge < -0.3 is 0 Å². The lowest BCUT2D eigenvalue weighted by molar-refractivity contribution is 0.561. The fraction of sp³-hybridized carbons (Fsp3) is 0.294. The SMILES string of the molecule is CC(C)(C)c1ccc(Cc2c(F)cccc2F)cc1. The van der Waals surface area contributed by atoms with Crippen molar-refractivity contribution in [3.8, 4) is 0 Å². The van der Waals surface area contributed by atoms with E-state index >= 15 is 0 Å². The molecule has 0 bridgehead atoms. The van der Waals surface area contributed by atoms with Crippen LogP contribution in [0.3, 0.4) is 0 Å². The Kier molecular flexibility index (Phi) is 3.70. The Morgan fingerprint density at radius 3 is 1.84 bits per heavy atom. The molecule has 0 fully saturated rings. The van der Waals surface area contributed by atoms with Crippen molar-refractivity contribution in [2.75, 3.05) is 0 Å². The molecular weight excluding hydrogens is 242 g/mol. The lowest BCUT2D eigenvalue weighted by Gasteiger charge is -2.19. The van der Waals surface area contributed by atoms with E-state index in [2.05, 4.69) is 20.8 Å². The molecule has 2 aromatic carbocycles. The summed E-state index contributed by atoms with van der Waals surface area (Å²) in [6, 6.07) is 11.9. The van der Waals surface area contributed by atoms with E-state index in [0.29, 0.717) is 0 Å². The third-order valence-corrected chi connectivity index (χ3v) is 3.26. The largest absolute Gasteiger partial charge is 0.207 e. The first-order valence-corrected chi connectivity index (χ1v) is 6.40. The lowest BCUT2D eigenvalue weighted by Crippen LogP contribution is -2.10. The molecule has 0 amide bonds. The van der Waals surface area contributed by atoms with E-state index in [0.717, 1.165) is 5.56 Å². The molecule has 0 heterocycles. The summed E-state index contributed by atoms with van der Waals surface area (Å²) >= 11 is 0. The van der Waals surface area contributed by atoms with Crippen molar-refractivity contribution >= 4 is 0 Å². The first-order valence-electron chi connectivity index (χ1n) is 6.40. The molecule has 19 heavy (non-hydrogen) atoms. The Hall–Kier alpha value is -1.70. The molecule has 0 atom stereocenters. The highest BCUT2D eigenvalue weighted by Crippen LogP contribution is 2.23. The molecular formula is C17H18F2. The standard InChI is InChI=1S/C17H18F2/c1-17(2,3)13-9-7-12(8-10-13)11-14-15(18)5-4-6-16(14)19/h4-10H,11H2,1-3H3. The van der Waals surface area contributed by atoms with Crippen LogP contribution in [0.15, 0.2) is 42.5 Å². The van der Waals surface area contributed by atoms with Gasteiger partial charge in [0.1, 0.15) is 11.6 Å². The fourth-order valence-electron chi connectivity index (χ4n) is 2.03. The number of rotatable bonds is 2. The van der Waals surface area contributed by atoms with Crippen LogP contribution in [0.2, 0.25) is 0 Å². The molecule has 0 aliphatic heterocycles. The monoisotopic (exact) mass is 260 g/mol. The number of benzene rings is 2. The van der Waals surface area contributed by atoms with Crippen LogP contribution in [0.5, 0.6) is 0 Å². The summed E-state index contributed by atoms with van der Waals surface area (Å²) in [5, 5.41) is 0. The van der Waals surface area contributed by atoms with Crippen LogP contribution in [-0.4, -0.2) is 0 Å². The fourth-order valence-corrected chi connectivity index (χ4v) is 2.03. The van der Waals surface area contributed by atoms with Gasteiger partial charge in [-0.25, -0.2) is 8.78 Å². The minimum atomic E-state index is -0.486. The minimum Gasteiger partial charge on any atom is -0.207 e. The van der Waals surface area contributed by atoms with Crippen molar-refractivity contribution in [3.05, 3.63) is 70.8 Å². The molecule has 100 valence electrons. The normalized spacial score (nSPS) is 11.6. The molecule has 2 heteroatoms. The molecule has 0 saturated heterocycles. The predicted molar refractivity (Wildman–Crippen MR) is 74.3 cm³/mol. The van der Waals surface area contributed by atoms with Crippen LogP contribution in [0.1, 0.15) is 37.5 Å². The van der Waals surface area contributed by atoms with Crippen LogP contribution in [0.4, 0.5) is 8.78 Å². The van der Waals surface area contributed by atoms with E-state index in [1.54, 1.807) is 0 Å². The molecule has 0 aliphatic carbocycles. The second-order valence-electron chi connectivity index (χ2n) is 5.82. The quantitative estimate of drug-likeness (QED) is 0.724. The average Bonchev–Trinajstić information content (AvgIpc) is 2.33. The maximum atomic E-state index is 13.6. The summed E-state index contributed by atoms with van der Waals surface area (Å²) < 4.78 is 27.1. The molecule has 0 nitrogen and oxygen atoms in total. The van der Waals surface area contributed by atoms with Crippen molar-refractivity contribution in [1.29, 1.82) is 0 Å². The van der Waals surface area contributed by atoms with Crippen LogP contribution in [0.25, 0.3) is 0 Å². The Morgan fingerprint density at radius 1 is 0.842 bits per heavy atom. The summed E-state index contributed by atoms with van der Waals surface area (Å²) in [5.41, 5.74) is 2.34. The zero-order valence-electron chi connectivity index (χ0n) is 11.5. The molecule has 0 spiro atoms.